The third kappa shape index (κ3) is 3.58. The Balaban J connectivity index is 1.70. The number of nitrogens with zero attached hydrogens (tertiary/aromatic N) is 1. The molecule has 116 valence electrons. The highest BCUT2D eigenvalue weighted by Crippen LogP contribution is 2.22. The average molecular weight is 308 g/mol. The third-order valence-electron chi connectivity index (χ3n) is 3.37. The number of aromatic nitrogens is 1. The number of methoxy groups -OCH3 is 1. The van der Waals surface area contributed by atoms with Gasteiger partial charge in [-0.3, -0.25) is 10.1 Å². The van der Waals surface area contributed by atoms with E-state index in [1.807, 2.05) is 30.3 Å². The zero-order valence-corrected chi connectivity index (χ0v) is 12.7. The van der Waals surface area contributed by atoms with E-state index < -0.39 is 0 Å². The van der Waals surface area contributed by atoms with Crippen LogP contribution in [0.15, 0.2) is 65.2 Å². The van der Waals surface area contributed by atoms with Crippen molar-refractivity contribution in [2.75, 3.05) is 12.4 Å². The minimum atomic E-state index is -0.253. The van der Waals surface area contributed by atoms with Gasteiger partial charge in [0, 0.05) is 17.5 Å². The summed E-state index contributed by atoms with van der Waals surface area (Å²) < 4.78 is 10.9. The molecule has 0 atom stereocenters. The van der Waals surface area contributed by atoms with Gasteiger partial charge in [-0.1, -0.05) is 36.4 Å². The number of nitrogens with one attached hydrogen (secondary N) is 1. The third-order valence-corrected chi connectivity index (χ3v) is 3.37. The lowest BCUT2D eigenvalue weighted by atomic mass is 10.1. The first-order valence-corrected chi connectivity index (χ1v) is 7.19. The summed E-state index contributed by atoms with van der Waals surface area (Å²) in [5.41, 5.74) is 1.55. The minimum Gasteiger partial charge on any atom is -0.496 e. The highest BCUT2D eigenvalue weighted by atomic mass is 16.5. The summed E-state index contributed by atoms with van der Waals surface area (Å²) in [6.45, 7) is 0. The maximum absolute atomic E-state index is 12.1. The summed E-state index contributed by atoms with van der Waals surface area (Å²) in [4.78, 5) is 16.1. The van der Waals surface area contributed by atoms with Crippen LogP contribution in [0.2, 0.25) is 0 Å². The number of hydrogen-bond acceptors (Lipinski definition) is 4. The van der Waals surface area contributed by atoms with E-state index in [0.29, 0.717) is 17.7 Å². The first-order chi connectivity index (χ1) is 11.3. The predicted octanol–water partition coefficient (Wildman–Crippen LogP) is 3.53. The molecule has 3 rings (SSSR count). The van der Waals surface area contributed by atoms with Crippen LogP contribution in [0.3, 0.4) is 0 Å². The van der Waals surface area contributed by atoms with E-state index in [1.54, 1.807) is 37.6 Å². The molecule has 1 aromatic heterocycles. The number of para-hydroxylation sites is 1. The van der Waals surface area contributed by atoms with Crippen LogP contribution in [0, 0.1) is 0 Å². The van der Waals surface area contributed by atoms with Crippen LogP contribution in [0.25, 0.3) is 0 Å². The van der Waals surface area contributed by atoms with E-state index in [2.05, 4.69) is 10.3 Å². The fourth-order valence-electron chi connectivity index (χ4n) is 2.24. The molecule has 2 aromatic carbocycles. The highest BCUT2D eigenvalue weighted by molar-refractivity contribution is 6.03. The van der Waals surface area contributed by atoms with Gasteiger partial charge in [-0.05, 0) is 18.2 Å². The van der Waals surface area contributed by atoms with Crippen molar-refractivity contribution in [2.24, 2.45) is 0 Å². The molecule has 0 aliphatic heterocycles. The molecule has 5 nitrogen and oxygen atoms in total. The van der Waals surface area contributed by atoms with E-state index >= 15 is 0 Å². The number of carbonyl (C=O) groups is 1. The fraction of sp³-hybridized carbons (Fsp3) is 0.111. The lowest BCUT2D eigenvalue weighted by Crippen LogP contribution is -2.11. The summed E-state index contributed by atoms with van der Waals surface area (Å²) in [7, 11) is 1.63. The summed E-state index contributed by atoms with van der Waals surface area (Å²) >= 11 is 0. The molecule has 0 radical (unpaired) electrons. The van der Waals surface area contributed by atoms with Crippen LogP contribution in [0.5, 0.6) is 5.75 Å². The largest absolute Gasteiger partial charge is 0.496 e. The van der Waals surface area contributed by atoms with Crippen LogP contribution in [-0.4, -0.2) is 18.0 Å². The number of hydrogen-bond donors (Lipinski definition) is 1. The number of benzene rings is 2. The summed E-state index contributed by atoms with van der Waals surface area (Å²) in [6.07, 6.45) is 2.14. The molecule has 0 bridgehead atoms. The molecule has 0 spiro atoms. The second kappa shape index (κ2) is 6.79. The van der Waals surface area contributed by atoms with Gasteiger partial charge in [-0.2, -0.15) is 0 Å². The van der Waals surface area contributed by atoms with E-state index in [4.69, 9.17) is 9.15 Å². The van der Waals surface area contributed by atoms with Gasteiger partial charge in [-0.25, -0.2) is 4.98 Å². The van der Waals surface area contributed by atoms with Gasteiger partial charge in [0.05, 0.1) is 13.3 Å². The molecule has 23 heavy (non-hydrogen) atoms. The quantitative estimate of drug-likeness (QED) is 0.783. The van der Waals surface area contributed by atoms with Crippen LogP contribution < -0.4 is 10.1 Å². The summed E-state index contributed by atoms with van der Waals surface area (Å²) in [5.74, 6) is 1.19. The van der Waals surface area contributed by atoms with E-state index in [-0.39, 0.29) is 11.9 Å². The molecule has 0 fully saturated rings. The molecule has 0 unspecified atom stereocenters. The molecule has 1 heterocycles. The normalized spacial score (nSPS) is 10.3. The van der Waals surface area contributed by atoms with Crippen LogP contribution >= 0.6 is 0 Å². The number of anilines is 1. The van der Waals surface area contributed by atoms with Gasteiger partial charge in [0.2, 0.25) is 0 Å². The van der Waals surface area contributed by atoms with Crippen molar-refractivity contribution in [1.29, 1.82) is 0 Å². The van der Waals surface area contributed by atoms with E-state index in [1.165, 1.54) is 0 Å². The minimum absolute atomic E-state index is 0.184. The molecule has 1 amide bonds. The number of oxazole rings is 1. The Kier molecular flexibility index (Phi) is 4.38. The molecular formula is C18H16N2O3. The van der Waals surface area contributed by atoms with Gasteiger partial charge in [0.25, 0.3) is 5.91 Å². The van der Waals surface area contributed by atoms with Gasteiger partial charge in [0.1, 0.15) is 11.5 Å². The zero-order chi connectivity index (χ0) is 16.1. The SMILES string of the molecule is COc1ccccc1Cc1cnc(NC(=O)c2ccccc2)o1. The van der Waals surface area contributed by atoms with Crippen molar-refractivity contribution in [3.63, 3.8) is 0 Å². The smallest absolute Gasteiger partial charge is 0.301 e. The second-order valence-corrected chi connectivity index (χ2v) is 4.94. The standard InChI is InChI=1S/C18H16N2O3/c1-22-16-10-6-5-9-14(16)11-15-12-19-18(23-15)20-17(21)13-7-3-2-4-8-13/h2-10,12H,11H2,1H3,(H,19,20,21). The molecule has 0 aliphatic rings. The lowest BCUT2D eigenvalue weighted by molar-refractivity contribution is 0.102. The second-order valence-electron chi connectivity index (χ2n) is 4.94. The molecular weight excluding hydrogens is 292 g/mol. The first kappa shape index (κ1) is 14.8. The Bertz CT molecular complexity index is 797. The van der Waals surface area contributed by atoms with Crippen molar-refractivity contribution in [1.82, 2.24) is 4.98 Å². The van der Waals surface area contributed by atoms with Gasteiger partial charge < -0.3 is 9.15 Å². The Hall–Kier alpha value is -3.08. The monoisotopic (exact) mass is 308 g/mol. The predicted molar refractivity (Wildman–Crippen MR) is 86.7 cm³/mol. The Morgan fingerprint density at radius 2 is 1.87 bits per heavy atom. The van der Waals surface area contributed by atoms with Gasteiger partial charge >= 0.3 is 6.01 Å². The maximum Gasteiger partial charge on any atom is 0.301 e. The number of ether oxygens (including phenoxy) is 1. The molecule has 3 aromatic rings. The van der Waals surface area contributed by atoms with Crippen molar-refractivity contribution in [2.45, 2.75) is 6.42 Å². The van der Waals surface area contributed by atoms with Gasteiger partial charge in [0.15, 0.2) is 0 Å². The molecule has 0 aliphatic carbocycles. The van der Waals surface area contributed by atoms with Crippen molar-refractivity contribution in [3.05, 3.63) is 77.7 Å². The Labute approximate surface area is 133 Å². The Morgan fingerprint density at radius 3 is 2.65 bits per heavy atom. The maximum atomic E-state index is 12.1. The van der Waals surface area contributed by atoms with Gasteiger partial charge in [-0.15, -0.1) is 0 Å². The average Bonchev–Trinajstić information content (AvgIpc) is 3.03. The van der Waals surface area contributed by atoms with E-state index in [0.717, 1.165) is 11.3 Å². The Morgan fingerprint density at radius 1 is 1.13 bits per heavy atom. The van der Waals surface area contributed by atoms with Crippen molar-refractivity contribution < 1.29 is 13.9 Å². The molecule has 1 N–H and O–H groups in total. The molecule has 5 heteroatoms. The topological polar surface area (TPSA) is 64.4 Å². The number of rotatable bonds is 5. The number of carbonyl (C=O) groups excluding carboxylic acids is 1. The van der Waals surface area contributed by atoms with Crippen molar-refractivity contribution in [3.8, 4) is 5.75 Å². The lowest BCUT2D eigenvalue weighted by Gasteiger charge is -2.05. The molecule has 0 saturated carbocycles. The summed E-state index contributed by atoms with van der Waals surface area (Å²) in [5, 5.41) is 2.65. The van der Waals surface area contributed by atoms with Crippen LogP contribution in [0.1, 0.15) is 21.7 Å². The zero-order valence-electron chi connectivity index (χ0n) is 12.7. The van der Waals surface area contributed by atoms with Crippen LogP contribution in [0.4, 0.5) is 6.01 Å². The summed E-state index contributed by atoms with van der Waals surface area (Å²) in [6, 6.07) is 16.8. The number of amides is 1. The molecule has 0 saturated heterocycles. The highest BCUT2D eigenvalue weighted by Gasteiger charge is 2.11. The van der Waals surface area contributed by atoms with Crippen LogP contribution in [-0.2, 0) is 6.42 Å². The fourth-order valence-corrected chi connectivity index (χ4v) is 2.24. The van der Waals surface area contributed by atoms with Crippen molar-refractivity contribution >= 4 is 11.9 Å². The van der Waals surface area contributed by atoms with E-state index in [9.17, 15) is 4.79 Å². The first-order valence-electron chi connectivity index (χ1n) is 7.19.